The van der Waals surface area contributed by atoms with Crippen molar-refractivity contribution >= 4 is 0 Å². The summed E-state index contributed by atoms with van der Waals surface area (Å²) in [6, 6.07) is 16.1. The largest absolute Gasteiger partial charge is 0.421 e. The van der Waals surface area contributed by atoms with Crippen molar-refractivity contribution in [2.45, 2.75) is 13.0 Å². The topological polar surface area (TPSA) is 51.0 Å². The minimum Gasteiger partial charge on any atom is -0.421 e. The lowest BCUT2D eigenvalue weighted by Gasteiger charge is -2.03. The van der Waals surface area contributed by atoms with Crippen LogP contribution in [0, 0.1) is 5.82 Å². The van der Waals surface area contributed by atoms with Crippen LogP contribution in [-0.4, -0.2) is 16.7 Å². The van der Waals surface area contributed by atoms with Crippen LogP contribution in [0.4, 0.5) is 4.39 Å². The average Bonchev–Trinajstić information content (AvgIpc) is 3.03. The molecular formula is C17H16FN3O. The molecule has 1 aromatic heterocycles. The van der Waals surface area contributed by atoms with E-state index in [4.69, 9.17) is 4.42 Å². The van der Waals surface area contributed by atoms with Gasteiger partial charge in [-0.2, -0.15) is 0 Å². The van der Waals surface area contributed by atoms with E-state index in [1.165, 1.54) is 12.1 Å². The summed E-state index contributed by atoms with van der Waals surface area (Å²) in [4.78, 5) is 0. The molecule has 0 amide bonds. The van der Waals surface area contributed by atoms with Crippen LogP contribution in [0.2, 0.25) is 0 Å². The van der Waals surface area contributed by atoms with Crippen molar-refractivity contribution in [2.75, 3.05) is 6.54 Å². The molecule has 4 nitrogen and oxygen atoms in total. The zero-order chi connectivity index (χ0) is 15.2. The number of nitrogens with one attached hydrogen (secondary N) is 1. The van der Waals surface area contributed by atoms with Crippen molar-refractivity contribution in [2.24, 2.45) is 0 Å². The number of benzene rings is 2. The zero-order valence-corrected chi connectivity index (χ0v) is 12.0. The van der Waals surface area contributed by atoms with Crippen LogP contribution in [0.1, 0.15) is 11.5 Å². The van der Waals surface area contributed by atoms with Crippen LogP contribution < -0.4 is 5.32 Å². The average molecular weight is 297 g/mol. The predicted molar refractivity (Wildman–Crippen MR) is 81.5 cm³/mol. The molecule has 0 spiro atoms. The maximum absolute atomic E-state index is 12.8. The van der Waals surface area contributed by atoms with Gasteiger partial charge >= 0.3 is 0 Å². The van der Waals surface area contributed by atoms with Crippen molar-refractivity contribution in [3.63, 3.8) is 0 Å². The van der Waals surface area contributed by atoms with Gasteiger partial charge in [0.05, 0.1) is 0 Å². The molecule has 0 saturated heterocycles. The van der Waals surface area contributed by atoms with Crippen LogP contribution in [-0.2, 0) is 13.0 Å². The molecule has 0 atom stereocenters. The molecule has 0 fully saturated rings. The number of rotatable bonds is 6. The van der Waals surface area contributed by atoms with Crippen LogP contribution in [0.3, 0.4) is 0 Å². The Bertz CT molecular complexity index is 710. The lowest BCUT2D eigenvalue weighted by molar-refractivity contribution is 0.494. The predicted octanol–water partition coefficient (Wildman–Crippen LogP) is 3.21. The molecule has 5 heteroatoms. The highest BCUT2D eigenvalue weighted by atomic mass is 19.1. The molecule has 3 aromatic rings. The van der Waals surface area contributed by atoms with Gasteiger partial charge in [0.15, 0.2) is 0 Å². The van der Waals surface area contributed by atoms with Crippen molar-refractivity contribution in [3.8, 4) is 11.5 Å². The fourth-order valence-corrected chi connectivity index (χ4v) is 2.08. The van der Waals surface area contributed by atoms with Gasteiger partial charge in [0.25, 0.3) is 0 Å². The van der Waals surface area contributed by atoms with E-state index in [0.717, 1.165) is 11.1 Å². The van der Waals surface area contributed by atoms with Crippen LogP contribution in [0.25, 0.3) is 11.5 Å². The standard InChI is InChI=1S/C17H16FN3O/c18-15-8-6-13(7-9-15)12-19-11-10-16-20-21-17(22-16)14-4-2-1-3-5-14/h1-9,19H,10-12H2. The molecular weight excluding hydrogens is 281 g/mol. The van der Waals surface area contributed by atoms with Crippen molar-refractivity contribution in [3.05, 3.63) is 71.9 Å². The van der Waals surface area contributed by atoms with Gasteiger partial charge in [0, 0.05) is 25.1 Å². The van der Waals surface area contributed by atoms with Gasteiger partial charge in [-0.3, -0.25) is 0 Å². The molecule has 0 aliphatic heterocycles. The monoisotopic (exact) mass is 297 g/mol. The Morgan fingerprint density at radius 3 is 2.50 bits per heavy atom. The van der Waals surface area contributed by atoms with E-state index >= 15 is 0 Å². The normalized spacial score (nSPS) is 10.8. The number of nitrogens with zero attached hydrogens (tertiary/aromatic N) is 2. The van der Waals surface area contributed by atoms with E-state index in [2.05, 4.69) is 15.5 Å². The summed E-state index contributed by atoms with van der Waals surface area (Å²) in [7, 11) is 0. The molecule has 3 rings (SSSR count). The maximum atomic E-state index is 12.8. The third kappa shape index (κ3) is 3.77. The summed E-state index contributed by atoms with van der Waals surface area (Å²) in [5, 5.41) is 11.4. The summed E-state index contributed by atoms with van der Waals surface area (Å²) in [5.41, 5.74) is 1.96. The van der Waals surface area contributed by atoms with E-state index in [1.54, 1.807) is 12.1 Å². The number of halogens is 1. The molecule has 2 aromatic carbocycles. The molecule has 0 unspecified atom stereocenters. The van der Waals surface area contributed by atoms with E-state index in [9.17, 15) is 4.39 Å². The zero-order valence-electron chi connectivity index (χ0n) is 12.0. The molecule has 1 heterocycles. The first kappa shape index (κ1) is 14.4. The van der Waals surface area contributed by atoms with Crippen LogP contribution >= 0.6 is 0 Å². The Labute approximate surface area is 128 Å². The van der Waals surface area contributed by atoms with E-state index in [1.807, 2.05) is 30.3 Å². The third-order valence-electron chi connectivity index (χ3n) is 3.25. The fraction of sp³-hybridized carbons (Fsp3) is 0.176. The van der Waals surface area contributed by atoms with E-state index in [0.29, 0.717) is 31.3 Å². The lowest BCUT2D eigenvalue weighted by Crippen LogP contribution is -2.16. The molecule has 22 heavy (non-hydrogen) atoms. The molecule has 0 bridgehead atoms. The lowest BCUT2D eigenvalue weighted by atomic mass is 10.2. The molecule has 0 aliphatic carbocycles. The van der Waals surface area contributed by atoms with Crippen molar-refractivity contribution < 1.29 is 8.81 Å². The van der Waals surface area contributed by atoms with Gasteiger partial charge in [-0.25, -0.2) is 4.39 Å². The smallest absolute Gasteiger partial charge is 0.247 e. The quantitative estimate of drug-likeness (QED) is 0.710. The van der Waals surface area contributed by atoms with Gasteiger partial charge in [-0.05, 0) is 29.8 Å². The van der Waals surface area contributed by atoms with Gasteiger partial charge < -0.3 is 9.73 Å². The highest BCUT2D eigenvalue weighted by Crippen LogP contribution is 2.16. The first-order chi connectivity index (χ1) is 10.8. The van der Waals surface area contributed by atoms with Crippen molar-refractivity contribution in [1.82, 2.24) is 15.5 Å². The van der Waals surface area contributed by atoms with Gasteiger partial charge in [-0.1, -0.05) is 30.3 Å². The second-order valence-electron chi connectivity index (χ2n) is 4.92. The second kappa shape index (κ2) is 6.95. The fourth-order valence-electron chi connectivity index (χ4n) is 2.08. The van der Waals surface area contributed by atoms with Gasteiger partial charge in [0.1, 0.15) is 5.82 Å². The van der Waals surface area contributed by atoms with Crippen LogP contribution in [0.5, 0.6) is 0 Å². The molecule has 0 radical (unpaired) electrons. The molecule has 0 aliphatic rings. The summed E-state index contributed by atoms with van der Waals surface area (Å²) >= 11 is 0. The Morgan fingerprint density at radius 1 is 0.955 bits per heavy atom. The molecule has 0 saturated carbocycles. The Balaban J connectivity index is 1.48. The molecule has 1 N–H and O–H groups in total. The number of hydrogen-bond acceptors (Lipinski definition) is 4. The van der Waals surface area contributed by atoms with Crippen molar-refractivity contribution in [1.29, 1.82) is 0 Å². The Kier molecular flexibility index (Phi) is 4.56. The van der Waals surface area contributed by atoms with Gasteiger partial charge in [0.2, 0.25) is 11.8 Å². The highest BCUT2D eigenvalue weighted by Gasteiger charge is 2.07. The minimum atomic E-state index is -0.219. The summed E-state index contributed by atoms with van der Waals surface area (Å²) in [6.45, 7) is 1.40. The molecule has 112 valence electrons. The SMILES string of the molecule is Fc1ccc(CNCCc2nnc(-c3ccccc3)o2)cc1. The number of hydrogen-bond donors (Lipinski definition) is 1. The first-order valence-electron chi connectivity index (χ1n) is 7.14. The summed E-state index contributed by atoms with van der Waals surface area (Å²) < 4.78 is 18.4. The third-order valence-corrected chi connectivity index (χ3v) is 3.25. The maximum Gasteiger partial charge on any atom is 0.247 e. The van der Waals surface area contributed by atoms with Gasteiger partial charge in [-0.15, -0.1) is 10.2 Å². The number of aromatic nitrogens is 2. The highest BCUT2D eigenvalue weighted by molar-refractivity contribution is 5.51. The van der Waals surface area contributed by atoms with Crippen LogP contribution in [0.15, 0.2) is 59.0 Å². The second-order valence-corrected chi connectivity index (χ2v) is 4.92. The Hall–Kier alpha value is -2.53. The van der Waals surface area contributed by atoms with E-state index < -0.39 is 0 Å². The first-order valence-corrected chi connectivity index (χ1v) is 7.14. The van der Waals surface area contributed by atoms with E-state index in [-0.39, 0.29) is 5.82 Å². The minimum absolute atomic E-state index is 0.219. The summed E-state index contributed by atoms with van der Waals surface area (Å²) in [5.74, 6) is 0.919. The summed E-state index contributed by atoms with van der Waals surface area (Å²) in [6.07, 6.45) is 0.654. The Morgan fingerprint density at radius 2 is 1.73 bits per heavy atom.